The summed E-state index contributed by atoms with van der Waals surface area (Å²) < 4.78 is 5.85. The van der Waals surface area contributed by atoms with Crippen molar-refractivity contribution in [3.63, 3.8) is 0 Å². The Hall–Kier alpha value is -1.06. The van der Waals surface area contributed by atoms with Crippen LogP contribution in [0.5, 0.6) is 5.75 Å². The SMILES string of the molecule is CC(C)CCC(NN)c1cccc2c1OCCC2. The van der Waals surface area contributed by atoms with E-state index in [2.05, 4.69) is 37.5 Å². The van der Waals surface area contributed by atoms with Crippen molar-refractivity contribution >= 4 is 0 Å². The lowest BCUT2D eigenvalue weighted by Gasteiger charge is -2.25. The number of fused-ring (bicyclic) bond motifs is 1. The zero-order chi connectivity index (χ0) is 13.0. The average molecular weight is 248 g/mol. The molecule has 1 aliphatic rings. The predicted molar refractivity (Wildman–Crippen MR) is 74.4 cm³/mol. The van der Waals surface area contributed by atoms with Crippen molar-refractivity contribution in [1.82, 2.24) is 5.43 Å². The van der Waals surface area contributed by atoms with E-state index in [9.17, 15) is 0 Å². The van der Waals surface area contributed by atoms with E-state index in [4.69, 9.17) is 10.6 Å². The molecule has 1 aliphatic heterocycles. The Morgan fingerprint density at radius 3 is 2.89 bits per heavy atom. The molecule has 0 aliphatic carbocycles. The molecular weight excluding hydrogens is 224 g/mol. The highest BCUT2D eigenvalue weighted by atomic mass is 16.5. The fourth-order valence-corrected chi connectivity index (χ4v) is 2.52. The van der Waals surface area contributed by atoms with E-state index < -0.39 is 0 Å². The Bertz CT molecular complexity index is 390. The van der Waals surface area contributed by atoms with Crippen LogP contribution in [0.4, 0.5) is 0 Å². The van der Waals surface area contributed by atoms with Crippen molar-refractivity contribution in [2.75, 3.05) is 6.61 Å². The van der Waals surface area contributed by atoms with Gasteiger partial charge >= 0.3 is 0 Å². The third-order valence-electron chi connectivity index (χ3n) is 3.57. The van der Waals surface area contributed by atoms with Crippen LogP contribution in [0.15, 0.2) is 18.2 Å². The molecule has 3 heteroatoms. The normalized spacial score (nSPS) is 16.2. The first kappa shape index (κ1) is 13.4. The van der Waals surface area contributed by atoms with Gasteiger partial charge in [-0.25, -0.2) is 0 Å². The molecular formula is C15H24N2O. The van der Waals surface area contributed by atoms with Crippen LogP contribution in [0.3, 0.4) is 0 Å². The lowest BCUT2D eigenvalue weighted by atomic mass is 9.94. The predicted octanol–water partition coefficient (Wildman–Crippen LogP) is 2.95. The van der Waals surface area contributed by atoms with Crippen molar-refractivity contribution in [2.24, 2.45) is 11.8 Å². The number of hydrogen-bond acceptors (Lipinski definition) is 3. The molecule has 0 bridgehead atoms. The molecule has 0 amide bonds. The van der Waals surface area contributed by atoms with E-state index in [1.165, 1.54) is 17.5 Å². The van der Waals surface area contributed by atoms with Crippen molar-refractivity contribution in [2.45, 2.75) is 45.6 Å². The minimum atomic E-state index is 0.195. The van der Waals surface area contributed by atoms with Crippen molar-refractivity contribution in [1.29, 1.82) is 0 Å². The van der Waals surface area contributed by atoms with Crippen molar-refractivity contribution in [3.8, 4) is 5.75 Å². The quantitative estimate of drug-likeness (QED) is 0.622. The van der Waals surface area contributed by atoms with Gasteiger partial charge in [0.2, 0.25) is 0 Å². The minimum absolute atomic E-state index is 0.195. The fraction of sp³-hybridized carbons (Fsp3) is 0.600. The number of nitrogens with one attached hydrogen (secondary N) is 1. The Labute approximate surface area is 110 Å². The highest BCUT2D eigenvalue weighted by Crippen LogP contribution is 2.34. The van der Waals surface area contributed by atoms with Gasteiger partial charge in [-0.05, 0) is 37.2 Å². The molecule has 0 saturated carbocycles. The van der Waals surface area contributed by atoms with E-state index in [1.54, 1.807) is 0 Å². The summed E-state index contributed by atoms with van der Waals surface area (Å²) >= 11 is 0. The molecule has 1 heterocycles. The standard InChI is InChI=1S/C15H24N2O/c1-11(2)8-9-14(17-16)13-7-3-5-12-6-4-10-18-15(12)13/h3,5,7,11,14,17H,4,6,8-10,16H2,1-2H3. The van der Waals surface area contributed by atoms with Gasteiger partial charge in [0.05, 0.1) is 6.61 Å². The largest absolute Gasteiger partial charge is 0.493 e. The zero-order valence-corrected chi connectivity index (χ0v) is 11.4. The minimum Gasteiger partial charge on any atom is -0.493 e. The molecule has 0 radical (unpaired) electrons. The van der Waals surface area contributed by atoms with Crippen LogP contribution in [0.1, 0.15) is 50.3 Å². The lowest BCUT2D eigenvalue weighted by Crippen LogP contribution is -2.29. The molecule has 2 rings (SSSR count). The van der Waals surface area contributed by atoms with Crippen LogP contribution in [0.2, 0.25) is 0 Å². The summed E-state index contributed by atoms with van der Waals surface area (Å²) in [6.07, 6.45) is 4.44. The Morgan fingerprint density at radius 2 is 2.17 bits per heavy atom. The first-order valence-corrected chi connectivity index (χ1v) is 6.93. The molecule has 3 N–H and O–H groups in total. The van der Waals surface area contributed by atoms with E-state index in [1.807, 2.05) is 0 Å². The monoisotopic (exact) mass is 248 g/mol. The summed E-state index contributed by atoms with van der Waals surface area (Å²) in [5.74, 6) is 7.48. The topological polar surface area (TPSA) is 47.3 Å². The number of aryl methyl sites for hydroxylation is 1. The summed E-state index contributed by atoms with van der Waals surface area (Å²) in [4.78, 5) is 0. The van der Waals surface area contributed by atoms with Gasteiger partial charge in [-0.2, -0.15) is 0 Å². The summed E-state index contributed by atoms with van der Waals surface area (Å²) in [5, 5.41) is 0. The summed E-state index contributed by atoms with van der Waals surface area (Å²) in [7, 11) is 0. The average Bonchev–Trinajstić information content (AvgIpc) is 2.39. The van der Waals surface area contributed by atoms with E-state index in [-0.39, 0.29) is 6.04 Å². The van der Waals surface area contributed by atoms with Crippen LogP contribution in [-0.4, -0.2) is 6.61 Å². The van der Waals surface area contributed by atoms with Gasteiger partial charge < -0.3 is 4.74 Å². The highest BCUT2D eigenvalue weighted by Gasteiger charge is 2.20. The number of ether oxygens (including phenoxy) is 1. The maximum atomic E-state index is 5.85. The van der Waals surface area contributed by atoms with E-state index in [0.29, 0.717) is 5.92 Å². The maximum Gasteiger partial charge on any atom is 0.127 e. The second-order valence-electron chi connectivity index (χ2n) is 5.48. The first-order chi connectivity index (χ1) is 8.72. The summed E-state index contributed by atoms with van der Waals surface area (Å²) in [6, 6.07) is 6.60. The molecule has 100 valence electrons. The molecule has 1 aromatic rings. The Morgan fingerprint density at radius 1 is 1.33 bits per heavy atom. The number of nitrogens with two attached hydrogens (primary N) is 1. The first-order valence-electron chi connectivity index (χ1n) is 6.93. The maximum absolute atomic E-state index is 5.85. The lowest BCUT2D eigenvalue weighted by molar-refractivity contribution is 0.280. The van der Waals surface area contributed by atoms with Crippen molar-refractivity contribution < 1.29 is 4.74 Å². The molecule has 1 unspecified atom stereocenters. The molecule has 0 aromatic heterocycles. The molecule has 18 heavy (non-hydrogen) atoms. The molecule has 1 aromatic carbocycles. The fourth-order valence-electron chi connectivity index (χ4n) is 2.52. The van der Waals surface area contributed by atoms with Crippen molar-refractivity contribution in [3.05, 3.63) is 29.3 Å². The molecule has 3 nitrogen and oxygen atoms in total. The second-order valence-corrected chi connectivity index (χ2v) is 5.48. The van der Waals surface area contributed by atoms with Crippen LogP contribution in [0, 0.1) is 5.92 Å². The van der Waals surface area contributed by atoms with Gasteiger partial charge in [-0.15, -0.1) is 0 Å². The number of rotatable bonds is 5. The number of hydrazine groups is 1. The number of benzene rings is 1. The van der Waals surface area contributed by atoms with Gasteiger partial charge in [0.25, 0.3) is 0 Å². The van der Waals surface area contributed by atoms with Crippen LogP contribution in [0.25, 0.3) is 0 Å². The van der Waals surface area contributed by atoms with E-state index in [0.717, 1.165) is 31.6 Å². The van der Waals surface area contributed by atoms with E-state index >= 15 is 0 Å². The van der Waals surface area contributed by atoms with Gasteiger partial charge in [-0.1, -0.05) is 32.0 Å². The van der Waals surface area contributed by atoms with Crippen LogP contribution < -0.4 is 16.0 Å². The van der Waals surface area contributed by atoms with Gasteiger partial charge in [0.1, 0.15) is 5.75 Å². The number of hydrogen-bond donors (Lipinski definition) is 2. The summed E-state index contributed by atoms with van der Waals surface area (Å²) in [6.45, 7) is 5.31. The molecule has 0 fully saturated rings. The molecule has 0 saturated heterocycles. The van der Waals surface area contributed by atoms with Crippen LogP contribution in [-0.2, 0) is 6.42 Å². The summed E-state index contributed by atoms with van der Waals surface area (Å²) in [5.41, 5.74) is 5.48. The Kier molecular flexibility index (Phi) is 4.61. The highest BCUT2D eigenvalue weighted by molar-refractivity contribution is 5.44. The Balaban J connectivity index is 2.19. The van der Waals surface area contributed by atoms with Gasteiger partial charge in [0, 0.05) is 11.6 Å². The third-order valence-corrected chi connectivity index (χ3v) is 3.57. The second kappa shape index (κ2) is 6.21. The zero-order valence-electron chi connectivity index (χ0n) is 11.4. The van der Waals surface area contributed by atoms with Gasteiger partial charge in [-0.3, -0.25) is 11.3 Å². The smallest absolute Gasteiger partial charge is 0.127 e. The third kappa shape index (κ3) is 3.03. The number of para-hydroxylation sites is 1. The van der Waals surface area contributed by atoms with Crippen LogP contribution >= 0.6 is 0 Å². The van der Waals surface area contributed by atoms with Gasteiger partial charge in [0.15, 0.2) is 0 Å². The molecule has 1 atom stereocenters. The molecule has 0 spiro atoms.